The van der Waals surface area contributed by atoms with E-state index in [4.69, 9.17) is 9.47 Å². The van der Waals surface area contributed by atoms with E-state index in [1.54, 1.807) is 17.5 Å². The van der Waals surface area contributed by atoms with E-state index in [1.807, 2.05) is 28.8 Å². The van der Waals surface area contributed by atoms with Crippen LogP contribution in [0.25, 0.3) is 11.4 Å². The number of thioether (sulfide) groups is 1. The van der Waals surface area contributed by atoms with Gasteiger partial charge in [0.25, 0.3) is 0 Å². The second kappa shape index (κ2) is 11.7. The smallest absolute Gasteiger partial charge is 0.340 e. The molecule has 0 aliphatic carbocycles. The van der Waals surface area contributed by atoms with Crippen LogP contribution in [0.2, 0.25) is 0 Å². The lowest BCUT2D eigenvalue weighted by Crippen LogP contribution is -2.16. The summed E-state index contributed by atoms with van der Waals surface area (Å²) in [6.07, 6.45) is 1.76. The molecule has 0 bridgehead atoms. The Bertz CT molecular complexity index is 1110. The molecule has 8 nitrogen and oxygen atoms in total. The molecule has 1 N–H and O–H groups in total. The lowest BCUT2D eigenvalue weighted by molar-refractivity contribution is -0.113. The van der Waals surface area contributed by atoms with Crippen LogP contribution in [0.5, 0.6) is 5.75 Å². The van der Waals surface area contributed by atoms with Gasteiger partial charge in [-0.1, -0.05) is 31.7 Å². The van der Waals surface area contributed by atoms with Crippen molar-refractivity contribution in [1.82, 2.24) is 14.8 Å². The first kappa shape index (κ1) is 24.5. The van der Waals surface area contributed by atoms with Crippen LogP contribution in [-0.4, -0.2) is 46.1 Å². The number of ether oxygens (including phenoxy) is 2. The molecule has 0 aliphatic heterocycles. The number of anilines is 1. The standard InChI is InChI=1S/C23H26N4O4S2/c1-5-11-27-20(16-6-8-17(9-7-16)31-13-15(2)3)25-26-23(27)33-14-19(28)24-21-18(10-12-32-21)22(29)30-4/h5-10,12,15H,1,11,13-14H2,2-4H3,(H,24,28). The Morgan fingerprint density at radius 1 is 1.24 bits per heavy atom. The molecule has 3 rings (SSSR count). The number of rotatable bonds is 11. The summed E-state index contributed by atoms with van der Waals surface area (Å²) in [7, 11) is 1.30. The molecular weight excluding hydrogens is 460 g/mol. The number of nitrogens with one attached hydrogen (secondary N) is 1. The largest absolute Gasteiger partial charge is 0.493 e. The van der Waals surface area contributed by atoms with Crippen molar-refractivity contribution in [2.24, 2.45) is 5.92 Å². The van der Waals surface area contributed by atoms with Gasteiger partial charge in [0.15, 0.2) is 11.0 Å². The number of thiophene rings is 1. The summed E-state index contributed by atoms with van der Waals surface area (Å²) < 4.78 is 12.4. The van der Waals surface area contributed by atoms with Crippen LogP contribution in [-0.2, 0) is 16.1 Å². The van der Waals surface area contributed by atoms with E-state index < -0.39 is 5.97 Å². The van der Waals surface area contributed by atoms with Crippen LogP contribution in [0, 0.1) is 5.92 Å². The van der Waals surface area contributed by atoms with Gasteiger partial charge in [0.2, 0.25) is 5.91 Å². The number of aromatic nitrogens is 3. The number of hydrogen-bond donors (Lipinski definition) is 1. The van der Waals surface area contributed by atoms with Crippen LogP contribution in [0.3, 0.4) is 0 Å². The monoisotopic (exact) mass is 486 g/mol. The van der Waals surface area contributed by atoms with Gasteiger partial charge in [-0.25, -0.2) is 4.79 Å². The number of allylic oxidation sites excluding steroid dienone is 1. The van der Waals surface area contributed by atoms with E-state index in [0.29, 0.717) is 40.6 Å². The highest BCUT2D eigenvalue weighted by atomic mass is 32.2. The molecule has 2 aromatic heterocycles. The Labute approximate surface area is 201 Å². The summed E-state index contributed by atoms with van der Waals surface area (Å²) in [6.45, 7) is 9.17. The third-order valence-corrected chi connectivity index (χ3v) is 6.18. The Morgan fingerprint density at radius 3 is 2.67 bits per heavy atom. The van der Waals surface area contributed by atoms with E-state index in [1.165, 1.54) is 30.2 Å². The predicted molar refractivity (Wildman–Crippen MR) is 131 cm³/mol. The minimum atomic E-state index is -0.491. The Morgan fingerprint density at radius 2 is 2.00 bits per heavy atom. The average molecular weight is 487 g/mol. The number of carbonyl (C=O) groups excluding carboxylic acids is 2. The van der Waals surface area contributed by atoms with E-state index in [0.717, 1.165) is 11.3 Å². The number of carbonyl (C=O) groups is 2. The maximum absolute atomic E-state index is 12.5. The molecule has 174 valence electrons. The van der Waals surface area contributed by atoms with Gasteiger partial charge < -0.3 is 14.8 Å². The summed E-state index contributed by atoms with van der Waals surface area (Å²) in [5.41, 5.74) is 1.22. The number of methoxy groups -OCH3 is 1. The van der Waals surface area contributed by atoms with Gasteiger partial charge in [-0.05, 0) is 41.6 Å². The average Bonchev–Trinajstić information content (AvgIpc) is 3.43. The first-order valence-electron chi connectivity index (χ1n) is 10.3. The van der Waals surface area contributed by atoms with Crippen LogP contribution < -0.4 is 10.1 Å². The zero-order chi connectivity index (χ0) is 23.8. The number of nitrogens with zero attached hydrogens (tertiary/aromatic N) is 3. The molecule has 0 atom stereocenters. The van der Waals surface area contributed by atoms with Crippen molar-refractivity contribution < 1.29 is 19.1 Å². The van der Waals surface area contributed by atoms with Crippen molar-refractivity contribution in [3.63, 3.8) is 0 Å². The lowest BCUT2D eigenvalue weighted by Gasteiger charge is -2.10. The minimum Gasteiger partial charge on any atom is -0.493 e. The molecule has 0 fully saturated rings. The van der Waals surface area contributed by atoms with Gasteiger partial charge in [-0.3, -0.25) is 9.36 Å². The summed E-state index contributed by atoms with van der Waals surface area (Å²) in [5.74, 6) is 1.29. The Hall–Kier alpha value is -3.11. The topological polar surface area (TPSA) is 95.3 Å². The first-order chi connectivity index (χ1) is 15.9. The fourth-order valence-electron chi connectivity index (χ4n) is 2.84. The molecule has 0 aliphatic rings. The van der Waals surface area contributed by atoms with Gasteiger partial charge in [0.05, 0.1) is 25.0 Å². The zero-order valence-corrected chi connectivity index (χ0v) is 20.4. The molecule has 33 heavy (non-hydrogen) atoms. The molecule has 2 heterocycles. The van der Waals surface area contributed by atoms with Gasteiger partial charge in [-0.15, -0.1) is 28.1 Å². The van der Waals surface area contributed by atoms with E-state index in [-0.39, 0.29) is 11.7 Å². The molecule has 0 spiro atoms. The predicted octanol–water partition coefficient (Wildman–Crippen LogP) is 4.74. The summed E-state index contributed by atoms with van der Waals surface area (Å²) in [5, 5.41) is 14.1. The SMILES string of the molecule is C=CCn1c(SCC(=O)Nc2sccc2C(=O)OC)nnc1-c1ccc(OCC(C)C)cc1. The second-order valence-electron chi connectivity index (χ2n) is 7.43. The van der Waals surface area contributed by atoms with Gasteiger partial charge in [0, 0.05) is 12.1 Å². The third-order valence-electron chi connectivity index (χ3n) is 4.38. The highest BCUT2D eigenvalue weighted by Crippen LogP contribution is 2.27. The van der Waals surface area contributed by atoms with Gasteiger partial charge in [-0.2, -0.15) is 0 Å². The quantitative estimate of drug-likeness (QED) is 0.237. The molecular formula is C23H26N4O4S2. The molecule has 10 heteroatoms. The molecule has 1 aromatic carbocycles. The Balaban J connectivity index is 1.68. The summed E-state index contributed by atoms with van der Waals surface area (Å²) in [4.78, 5) is 24.3. The lowest BCUT2D eigenvalue weighted by atomic mass is 10.2. The molecule has 1 amide bonds. The molecule has 0 saturated carbocycles. The maximum atomic E-state index is 12.5. The third kappa shape index (κ3) is 6.45. The van der Waals surface area contributed by atoms with Crippen LogP contribution >= 0.6 is 23.1 Å². The van der Waals surface area contributed by atoms with E-state index >= 15 is 0 Å². The van der Waals surface area contributed by atoms with Crippen molar-refractivity contribution in [1.29, 1.82) is 0 Å². The number of esters is 1. The number of hydrogen-bond acceptors (Lipinski definition) is 8. The molecule has 0 radical (unpaired) electrons. The van der Waals surface area contributed by atoms with Crippen molar-refractivity contribution >= 4 is 40.0 Å². The molecule has 3 aromatic rings. The highest BCUT2D eigenvalue weighted by Gasteiger charge is 2.18. The number of benzene rings is 1. The summed E-state index contributed by atoms with van der Waals surface area (Å²) >= 11 is 2.52. The summed E-state index contributed by atoms with van der Waals surface area (Å²) in [6, 6.07) is 9.30. The fourth-order valence-corrected chi connectivity index (χ4v) is 4.37. The van der Waals surface area contributed by atoms with E-state index in [2.05, 4.69) is 35.9 Å². The van der Waals surface area contributed by atoms with Crippen molar-refractivity contribution in [2.45, 2.75) is 25.5 Å². The highest BCUT2D eigenvalue weighted by molar-refractivity contribution is 7.99. The minimum absolute atomic E-state index is 0.107. The maximum Gasteiger partial charge on any atom is 0.340 e. The van der Waals surface area contributed by atoms with E-state index in [9.17, 15) is 9.59 Å². The number of amides is 1. The second-order valence-corrected chi connectivity index (χ2v) is 9.29. The molecule has 0 saturated heterocycles. The normalized spacial score (nSPS) is 10.8. The zero-order valence-electron chi connectivity index (χ0n) is 18.7. The van der Waals surface area contributed by atoms with Crippen LogP contribution in [0.4, 0.5) is 5.00 Å². The van der Waals surface area contributed by atoms with Crippen LogP contribution in [0.15, 0.2) is 53.5 Å². The van der Waals surface area contributed by atoms with Crippen molar-refractivity contribution in [3.05, 3.63) is 53.9 Å². The molecule has 0 unspecified atom stereocenters. The van der Waals surface area contributed by atoms with Crippen molar-refractivity contribution in [2.75, 3.05) is 24.8 Å². The van der Waals surface area contributed by atoms with Gasteiger partial charge >= 0.3 is 5.97 Å². The van der Waals surface area contributed by atoms with Crippen molar-refractivity contribution in [3.8, 4) is 17.1 Å². The van der Waals surface area contributed by atoms with Crippen LogP contribution in [0.1, 0.15) is 24.2 Å². The fraction of sp³-hybridized carbons (Fsp3) is 0.304. The Kier molecular flexibility index (Phi) is 8.67. The van der Waals surface area contributed by atoms with Gasteiger partial charge in [0.1, 0.15) is 10.8 Å². The first-order valence-corrected chi connectivity index (χ1v) is 12.1.